The summed E-state index contributed by atoms with van der Waals surface area (Å²) in [5, 5.41) is 3.60. The van der Waals surface area contributed by atoms with Gasteiger partial charge in [0.05, 0.1) is 20.6 Å². The van der Waals surface area contributed by atoms with Gasteiger partial charge in [-0.2, -0.15) is 0 Å². The molecular weight excluding hydrogens is 581 g/mol. The summed E-state index contributed by atoms with van der Waals surface area (Å²) in [6.45, 7) is 9.50. The highest BCUT2D eigenvalue weighted by Gasteiger charge is 2.34. The number of carbonyl (C=O) groups excluding carboxylic acids is 2. The maximum Gasteiger partial charge on any atom is 0.264 e. The van der Waals surface area contributed by atoms with Crippen LogP contribution in [0.5, 0.6) is 0 Å². The Balaban J connectivity index is 2.08. The number of aryl methyl sites for hydroxylation is 2. The van der Waals surface area contributed by atoms with Crippen LogP contribution in [-0.2, 0) is 26.2 Å². The van der Waals surface area contributed by atoms with Crippen LogP contribution in [0.25, 0.3) is 0 Å². The third-order valence-electron chi connectivity index (χ3n) is 6.51. The van der Waals surface area contributed by atoms with Crippen LogP contribution in [0.4, 0.5) is 5.69 Å². The number of rotatable bonds is 12. The van der Waals surface area contributed by atoms with Crippen LogP contribution in [0.1, 0.15) is 43.9 Å². The molecule has 1 N–H and O–H groups in total. The lowest BCUT2D eigenvalue weighted by atomic mass is 10.1. The lowest BCUT2D eigenvalue weighted by molar-refractivity contribution is -0.140. The Hall–Kier alpha value is -3.07. The minimum Gasteiger partial charge on any atom is -0.354 e. The molecule has 41 heavy (non-hydrogen) atoms. The molecule has 3 aromatic rings. The molecule has 0 radical (unpaired) electrons. The largest absolute Gasteiger partial charge is 0.354 e. The van der Waals surface area contributed by atoms with Gasteiger partial charge in [-0.05, 0) is 79.3 Å². The summed E-state index contributed by atoms with van der Waals surface area (Å²) in [6.07, 6.45) is 0.325. The average molecular weight is 619 g/mol. The van der Waals surface area contributed by atoms with Gasteiger partial charge in [0.25, 0.3) is 10.0 Å². The number of anilines is 1. The molecule has 0 spiro atoms. The monoisotopic (exact) mass is 617 g/mol. The maximum absolute atomic E-state index is 14.2. The number of nitrogens with zero attached hydrogens (tertiary/aromatic N) is 2. The Bertz CT molecular complexity index is 1460. The van der Waals surface area contributed by atoms with Crippen LogP contribution in [0.2, 0.25) is 10.0 Å². The zero-order valence-corrected chi connectivity index (χ0v) is 26.4. The summed E-state index contributed by atoms with van der Waals surface area (Å²) in [5.41, 5.74) is 2.74. The Labute approximate surface area is 253 Å². The van der Waals surface area contributed by atoms with Gasteiger partial charge in [-0.3, -0.25) is 13.9 Å². The predicted octanol–water partition coefficient (Wildman–Crippen LogP) is 6.39. The molecule has 0 unspecified atom stereocenters. The maximum atomic E-state index is 14.2. The molecule has 0 aliphatic carbocycles. The van der Waals surface area contributed by atoms with Crippen LogP contribution in [0, 0.1) is 19.8 Å². The lowest BCUT2D eigenvalue weighted by Crippen LogP contribution is -2.52. The first-order valence-electron chi connectivity index (χ1n) is 13.5. The second kappa shape index (κ2) is 14.2. The molecule has 0 aliphatic heterocycles. The second-order valence-corrected chi connectivity index (χ2v) is 13.2. The van der Waals surface area contributed by atoms with E-state index in [0.717, 1.165) is 15.4 Å². The van der Waals surface area contributed by atoms with Gasteiger partial charge in [0.2, 0.25) is 11.8 Å². The summed E-state index contributed by atoms with van der Waals surface area (Å²) in [6, 6.07) is 17.6. The highest BCUT2D eigenvalue weighted by Crippen LogP contribution is 2.28. The quantitative estimate of drug-likeness (QED) is 0.255. The van der Waals surface area contributed by atoms with Crippen LogP contribution < -0.4 is 9.62 Å². The number of carbonyl (C=O) groups is 2. The normalized spacial score (nSPS) is 12.2. The smallest absolute Gasteiger partial charge is 0.264 e. The Morgan fingerprint density at radius 1 is 0.902 bits per heavy atom. The first-order valence-corrected chi connectivity index (χ1v) is 15.7. The van der Waals surface area contributed by atoms with E-state index in [1.165, 1.54) is 17.0 Å². The van der Waals surface area contributed by atoms with E-state index in [4.69, 9.17) is 23.2 Å². The van der Waals surface area contributed by atoms with Crippen molar-refractivity contribution < 1.29 is 18.0 Å². The van der Waals surface area contributed by atoms with Gasteiger partial charge >= 0.3 is 0 Å². The molecule has 0 fully saturated rings. The van der Waals surface area contributed by atoms with Crippen molar-refractivity contribution in [2.75, 3.05) is 17.4 Å². The van der Waals surface area contributed by atoms with Crippen LogP contribution in [0.15, 0.2) is 71.6 Å². The number of amides is 2. The Morgan fingerprint density at radius 2 is 1.54 bits per heavy atom. The molecule has 2 amide bonds. The lowest BCUT2D eigenvalue weighted by Gasteiger charge is -2.33. The first kappa shape index (κ1) is 32.4. The molecule has 3 rings (SSSR count). The molecule has 0 aromatic heterocycles. The van der Waals surface area contributed by atoms with E-state index < -0.39 is 28.5 Å². The van der Waals surface area contributed by atoms with Gasteiger partial charge in [-0.25, -0.2) is 8.42 Å². The van der Waals surface area contributed by atoms with E-state index in [1.54, 1.807) is 48.5 Å². The predicted molar refractivity (Wildman–Crippen MR) is 166 cm³/mol. The Kier molecular flexibility index (Phi) is 11.2. The van der Waals surface area contributed by atoms with Gasteiger partial charge in [-0.1, -0.05) is 74.3 Å². The minimum atomic E-state index is -4.13. The van der Waals surface area contributed by atoms with Crippen molar-refractivity contribution >= 4 is 50.7 Å². The van der Waals surface area contributed by atoms with E-state index in [2.05, 4.69) is 5.32 Å². The van der Waals surface area contributed by atoms with Crippen molar-refractivity contribution in [2.45, 2.75) is 58.5 Å². The third-order valence-corrected chi connectivity index (χ3v) is 9.04. The van der Waals surface area contributed by atoms with Gasteiger partial charge in [0, 0.05) is 13.1 Å². The average Bonchev–Trinajstić information content (AvgIpc) is 2.92. The van der Waals surface area contributed by atoms with E-state index in [-0.39, 0.29) is 23.3 Å². The van der Waals surface area contributed by atoms with E-state index in [9.17, 15) is 18.0 Å². The van der Waals surface area contributed by atoms with Crippen molar-refractivity contribution in [2.24, 2.45) is 5.92 Å². The number of halogens is 2. The fourth-order valence-corrected chi connectivity index (χ4v) is 6.26. The van der Waals surface area contributed by atoms with Crippen molar-refractivity contribution in [3.63, 3.8) is 0 Å². The number of hydrogen-bond donors (Lipinski definition) is 1. The van der Waals surface area contributed by atoms with Crippen LogP contribution in [-0.4, -0.2) is 44.3 Å². The topological polar surface area (TPSA) is 86.8 Å². The third kappa shape index (κ3) is 8.47. The van der Waals surface area contributed by atoms with Crippen LogP contribution >= 0.6 is 23.2 Å². The number of nitrogens with one attached hydrogen (secondary N) is 1. The fraction of sp³-hybridized carbons (Fsp3) is 0.355. The zero-order chi connectivity index (χ0) is 30.3. The van der Waals surface area contributed by atoms with Gasteiger partial charge in [-0.15, -0.1) is 0 Å². The molecule has 10 heteroatoms. The van der Waals surface area contributed by atoms with Crippen LogP contribution in [0.3, 0.4) is 0 Å². The summed E-state index contributed by atoms with van der Waals surface area (Å²) in [5.74, 6) is -0.619. The van der Waals surface area contributed by atoms with E-state index >= 15 is 0 Å². The molecule has 0 bridgehead atoms. The van der Waals surface area contributed by atoms with Crippen molar-refractivity contribution in [1.82, 2.24) is 10.2 Å². The number of sulfonamides is 1. The summed E-state index contributed by atoms with van der Waals surface area (Å²) in [4.78, 5) is 29.0. The van der Waals surface area contributed by atoms with Gasteiger partial charge < -0.3 is 10.2 Å². The number of hydrogen-bond acceptors (Lipinski definition) is 4. The summed E-state index contributed by atoms with van der Waals surface area (Å²) >= 11 is 12.4. The van der Waals surface area contributed by atoms with E-state index in [0.29, 0.717) is 34.3 Å². The SMILES string of the molecule is CC[C@H](C(=O)NCC(C)C)N(Cc1ccc(Cl)c(Cl)c1)C(=O)CN(c1cc(C)cc(C)c1)S(=O)(=O)c1ccccc1. The molecule has 1 atom stereocenters. The molecule has 0 heterocycles. The highest BCUT2D eigenvalue weighted by atomic mass is 35.5. The second-order valence-electron chi connectivity index (χ2n) is 10.5. The molecule has 0 aliphatic rings. The van der Waals surface area contributed by atoms with Gasteiger partial charge in [0.1, 0.15) is 12.6 Å². The van der Waals surface area contributed by atoms with E-state index in [1.807, 2.05) is 40.7 Å². The summed E-state index contributed by atoms with van der Waals surface area (Å²) in [7, 11) is -4.13. The van der Waals surface area contributed by atoms with Crippen molar-refractivity contribution in [3.8, 4) is 0 Å². The van der Waals surface area contributed by atoms with Crippen molar-refractivity contribution in [3.05, 3.63) is 93.5 Å². The standard InChI is InChI=1S/C31H37Cl2N3O4S/c1-6-29(31(38)34-18-21(2)3)35(19-24-12-13-27(32)28(33)17-24)30(37)20-36(25-15-22(4)14-23(5)16-25)41(39,40)26-10-8-7-9-11-26/h7-17,21,29H,6,18-20H2,1-5H3,(H,34,38)/t29-/m1/s1. The highest BCUT2D eigenvalue weighted by molar-refractivity contribution is 7.92. The zero-order valence-electron chi connectivity index (χ0n) is 24.0. The minimum absolute atomic E-state index is 0.0371. The molecule has 0 saturated carbocycles. The molecule has 7 nitrogen and oxygen atoms in total. The molecule has 3 aromatic carbocycles. The molecular formula is C31H37Cl2N3O4S. The van der Waals surface area contributed by atoms with Crippen molar-refractivity contribution in [1.29, 1.82) is 0 Å². The first-order chi connectivity index (χ1) is 19.3. The molecule has 0 saturated heterocycles. The molecule has 220 valence electrons. The fourth-order valence-electron chi connectivity index (χ4n) is 4.52. The van der Waals surface area contributed by atoms with Gasteiger partial charge in [0.15, 0.2) is 0 Å². The summed E-state index contributed by atoms with van der Waals surface area (Å²) < 4.78 is 29.0. The Morgan fingerprint density at radius 3 is 2.10 bits per heavy atom. The number of benzene rings is 3.